The Kier molecular flexibility index (Phi) is 5.96. The molecule has 2 aromatic carbocycles. The van der Waals surface area contributed by atoms with Crippen molar-refractivity contribution in [3.05, 3.63) is 52.8 Å². The first-order valence-electron chi connectivity index (χ1n) is 6.09. The van der Waals surface area contributed by atoms with Crippen LogP contribution < -0.4 is 4.74 Å². The second-order valence-corrected chi connectivity index (χ2v) is 5.71. The third-order valence-corrected chi connectivity index (χ3v) is 3.80. The van der Waals surface area contributed by atoms with E-state index in [0.717, 1.165) is 18.2 Å². The lowest BCUT2D eigenvalue weighted by molar-refractivity contribution is 0.109. The number of benzene rings is 2. The Hall–Kier alpha value is -1.78. The van der Waals surface area contributed by atoms with Crippen molar-refractivity contribution in [1.29, 1.82) is 0 Å². The first-order valence-corrected chi connectivity index (χ1v) is 8.18. The molecule has 0 fully saturated rings. The summed E-state index contributed by atoms with van der Waals surface area (Å²) < 4.78 is 73.1. The molecule has 0 aliphatic heterocycles. The van der Waals surface area contributed by atoms with Gasteiger partial charge in [0.25, 0.3) is 0 Å². The van der Waals surface area contributed by atoms with Crippen LogP contribution in [-0.2, 0) is 0 Å². The Balaban J connectivity index is 2.91. The highest BCUT2D eigenvalue weighted by molar-refractivity contribution is 8.32. The molecule has 25 heavy (non-hydrogen) atoms. The van der Waals surface area contributed by atoms with Crippen LogP contribution in [0.1, 0.15) is 10.4 Å². The fourth-order valence-electron chi connectivity index (χ4n) is 1.98. The number of rotatable bonds is 3. The Bertz CT molecular complexity index is 862. The van der Waals surface area contributed by atoms with Crippen molar-refractivity contribution in [3.8, 4) is 16.9 Å². The van der Waals surface area contributed by atoms with Gasteiger partial charge in [-0.2, -0.15) is 0 Å². The summed E-state index contributed by atoms with van der Waals surface area (Å²) >= 11 is 3.49. The molecule has 2 aromatic rings. The van der Waals surface area contributed by atoms with E-state index in [1.807, 2.05) is 0 Å². The van der Waals surface area contributed by atoms with Crippen molar-refractivity contribution in [3.63, 3.8) is 0 Å². The molecule has 0 aliphatic carbocycles. The highest BCUT2D eigenvalue weighted by Crippen LogP contribution is 2.40. The van der Waals surface area contributed by atoms with Gasteiger partial charge in [0.1, 0.15) is 5.75 Å². The van der Waals surface area contributed by atoms with Crippen LogP contribution in [-0.4, -0.2) is 10.4 Å². The summed E-state index contributed by atoms with van der Waals surface area (Å²) in [4.78, 5) is 22.9. The lowest BCUT2D eigenvalue weighted by Crippen LogP contribution is -2.09. The molecule has 0 saturated heterocycles. The largest absolute Gasteiger partial charge is 0.417 e. The van der Waals surface area contributed by atoms with E-state index in [9.17, 15) is 31.5 Å². The summed E-state index contributed by atoms with van der Waals surface area (Å²) in [6, 6.07) is 3.15. The van der Waals surface area contributed by atoms with Gasteiger partial charge in [-0.1, -0.05) is 6.07 Å². The smallest absolute Gasteiger partial charge is 0.388 e. The van der Waals surface area contributed by atoms with E-state index in [1.165, 1.54) is 0 Å². The molecule has 0 aromatic heterocycles. The van der Waals surface area contributed by atoms with E-state index in [-0.39, 0.29) is 11.0 Å². The minimum absolute atomic E-state index is 0.0663. The van der Waals surface area contributed by atoms with Crippen LogP contribution in [0, 0.1) is 29.1 Å². The molecule has 0 saturated carbocycles. The van der Waals surface area contributed by atoms with Crippen LogP contribution in [0.25, 0.3) is 11.1 Å². The van der Waals surface area contributed by atoms with Gasteiger partial charge >= 0.3 is 5.30 Å². The predicted molar refractivity (Wildman–Crippen MR) is 84.5 cm³/mol. The minimum Gasteiger partial charge on any atom is -0.417 e. The first-order chi connectivity index (χ1) is 11.7. The topological polar surface area (TPSA) is 43.4 Å². The zero-order valence-corrected chi connectivity index (χ0v) is 14.0. The van der Waals surface area contributed by atoms with Gasteiger partial charge in [0, 0.05) is 11.1 Å². The van der Waals surface area contributed by atoms with Gasteiger partial charge in [-0.15, -0.1) is 12.6 Å². The standard InChI is InChI=1S/C14H4ClF5O3S2/c15-25-14(22)23-5-3-1-2-4(13(21)24)6(5)7-8(16)10(18)12(20)11(19)9(7)17/h1-3H,(H,21,24). The SMILES string of the molecule is O=C(Oc1cccc(C(=O)S)c1-c1c(F)c(F)c(F)c(F)c1F)SCl. The molecule has 132 valence electrons. The predicted octanol–water partition coefficient (Wildman–Crippen LogP) is 5.50. The summed E-state index contributed by atoms with van der Waals surface area (Å²) in [5.74, 6) is -11.9. The highest BCUT2D eigenvalue weighted by atomic mass is 35.7. The van der Waals surface area contributed by atoms with Crippen LogP contribution in [0.3, 0.4) is 0 Å². The van der Waals surface area contributed by atoms with Gasteiger partial charge in [-0.25, -0.2) is 26.7 Å². The normalized spacial score (nSPS) is 10.7. The molecule has 0 spiro atoms. The Morgan fingerprint density at radius 2 is 1.44 bits per heavy atom. The second kappa shape index (κ2) is 7.63. The minimum atomic E-state index is -2.37. The van der Waals surface area contributed by atoms with E-state index in [0.29, 0.717) is 0 Å². The van der Waals surface area contributed by atoms with Crippen molar-refractivity contribution < 1.29 is 36.3 Å². The van der Waals surface area contributed by atoms with Crippen molar-refractivity contribution in [2.45, 2.75) is 0 Å². The molecule has 0 atom stereocenters. The molecule has 0 unspecified atom stereocenters. The first kappa shape index (κ1) is 19.5. The fraction of sp³-hybridized carbons (Fsp3) is 0. The third-order valence-electron chi connectivity index (χ3n) is 2.97. The van der Waals surface area contributed by atoms with Gasteiger partial charge in [-0.3, -0.25) is 4.79 Å². The number of thiol groups is 1. The molecule has 3 nitrogen and oxygen atoms in total. The summed E-state index contributed by atoms with van der Waals surface area (Å²) in [6.07, 6.45) is 0. The van der Waals surface area contributed by atoms with Crippen LogP contribution in [0.15, 0.2) is 18.2 Å². The maximum atomic E-state index is 14.1. The van der Waals surface area contributed by atoms with Crippen LogP contribution in [0.4, 0.5) is 26.7 Å². The molecular formula is C14H4ClF5O3S2. The Morgan fingerprint density at radius 3 is 1.92 bits per heavy atom. The number of hydrogen-bond acceptors (Lipinski definition) is 4. The molecule has 0 N–H and O–H groups in total. The van der Waals surface area contributed by atoms with Crippen molar-refractivity contribution in [2.24, 2.45) is 0 Å². The maximum Gasteiger partial charge on any atom is 0.388 e. The van der Waals surface area contributed by atoms with Crippen molar-refractivity contribution in [2.75, 3.05) is 0 Å². The number of carbonyl (C=O) groups excluding carboxylic acids is 2. The summed E-state index contributed by atoms with van der Waals surface area (Å²) in [5.41, 5.74) is -2.80. The third kappa shape index (κ3) is 3.60. The monoisotopic (exact) mass is 414 g/mol. The molecule has 0 heterocycles. The number of halogens is 6. The van der Waals surface area contributed by atoms with Crippen molar-refractivity contribution >= 4 is 44.7 Å². The summed E-state index contributed by atoms with van der Waals surface area (Å²) in [5, 5.41) is -2.22. The van der Waals surface area contributed by atoms with E-state index >= 15 is 0 Å². The van der Waals surface area contributed by atoms with E-state index in [1.54, 1.807) is 0 Å². The van der Waals surface area contributed by atoms with Gasteiger partial charge in [-0.05, 0) is 22.8 Å². The lowest BCUT2D eigenvalue weighted by atomic mass is 9.97. The van der Waals surface area contributed by atoms with Crippen molar-refractivity contribution in [1.82, 2.24) is 0 Å². The second-order valence-electron chi connectivity index (χ2n) is 4.36. The number of ether oxygens (including phenoxy) is 1. The van der Waals surface area contributed by atoms with Gasteiger partial charge in [0.15, 0.2) is 23.3 Å². The zero-order valence-electron chi connectivity index (χ0n) is 11.6. The van der Waals surface area contributed by atoms with Gasteiger partial charge in [0.2, 0.25) is 10.9 Å². The molecule has 0 radical (unpaired) electrons. The molecule has 11 heteroatoms. The quantitative estimate of drug-likeness (QED) is 0.237. The molecule has 2 rings (SSSR count). The van der Waals surface area contributed by atoms with Gasteiger partial charge in [0.05, 0.1) is 16.5 Å². The molecule has 0 bridgehead atoms. The zero-order chi connectivity index (χ0) is 18.9. The van der Waals surface area contributed by atoms with Gasteiger partial charge < -0.3 is 4.74 Å². The summed E-state index contributed by atoms with van der Waals surface area (Å²) in [6.45, 7) is 0. The number of carbonyl (C=O) groups is 2. The summed E-state index contributed by atoms with van der Waals surface area (Å²) in [7, 11) is 5.25. The molecule has 0 amide bonds. The number of hydrogen-bond donors (Lipinski definition) is 1. The highest BCUT2D eigenvalue weighted by Gasteiger charge is 2.31. The maximum absolute atomic E-state index is 14.1. The van der Waals surface area contributed by atoms with E-state index < -0.39 is 61.9 Å². The average Bonchev–Trinajstić information content (AvgIpc) is 2.59. The molecule has 0 aliphatic rings. The fourth-order valence-corrected chi connectivity index (χ4v) is 2.38. The Morgan fingerprint density at radius 1 is 0.920 bits per heavy atom. The average molecular weight is 415 g/mol. The van der Waals surface area contributed by atoms with E-state index in [4.69, 9.17) is 15.4 Å². The van der Waals surface area contributed by atoms with Crippen LogP contribution in [0.2, 0.25) is 0 Å². The van der Waals surface area contributed by atoms with E-state index in [2.05, 4.69) is 12.6 Å². The molecular weight excluding hydrogens is 411 g/mol. The Labute approximate surface area is 151 Å². The lowest BCUT2D eigenvalue weighted by Gasteiger charge is -2.15. The van der Waals surface area contributed by atoms with Crippen LogP contribution in [0.5, 0.6) is 5.75 Å². The van der Waals surface area contributed by atoms with Crippen LogP contribution >= 0.6 is 34.3 Å².